The Hall–Kier alpha value is -4.32. The maximum atomic E-state index is 14.4. The van der Waals surface area contributed by atoms with Gasteiger partial charge in [-0.3, -0.25) is 19.2 Å². The first-order valence-electron chi connectivity index (χ1n) is 16.5. The van der Waals surface area contributed by atoms with Gasteiger partial charge in [0.2, 0.25) is 17.7 Å². The number of methoxy groups -OCH3 is 1. The lowest BCUT2D eigenvalue weighted by Gasteiger charge is -2.36. The number of hydrogen-bond donors (Lipinski definition) is 2. The summed E-state index contributed by atoms with van der Waals surface area (Å²) in [5.41, 5.74) is 0.289. The predicted octanol–water partition coefficient (Wildman–Crippen LogP) is 2.95. The van der Waals surface area contributed by atoms with E-state index in [0.717, 1.165) is 5.56 Å². The van der Waals surface area contributed by atoms with Crippen LogP contribution in [0.2, 0.25) is 0 Å². The molecule has 0 radical (unpaired) electrons. The highest BCUT2D eigenvalue weighted by Crippen LogP contribution is 2.59. The number of carbonyl (C=O) groups is 4. The van der Waals surface area contributed by atoms with E-state index in [1.54, 1.807) is 29.2 Å². The molecule has 1 spiro atoms. The van der Waals surface area contributed by atoms with Gasteiger partial charge in [-0.1, -0.05) is 72.8 Å². The Bertz CT molecular complexity index is 1470. The van der Waals surface area contributed by atoms with E-state index >= 15 is 0 Å². The van der Waals surface area contributed by atoms with E-state index in [2.05, 4.69) is 18.5 Å². The van der Waals surface area contributed by atoms with Crippen LogP contribution < -0.4 is 5.32 Å². The molecular formula is C37H45N3O8. The van der Waals surface area contributed by atoms with Gasteiger partial charge < -0.3 is 34.4 Å². The Labute approximate surface area is 281 Å². The van der Waals surface area contributed by atoms with Crippen molar-refractivity contribution in [1.29, 1.82) is 0 Å². The van der Waals surface area contributed by atoms with Crippen LogP contribution in [0.15, 0.2) is 86.0 Å². The maximum Gasteiger partial charge on any atom is 0.313 e. The van der Waals surface area contributed by atoms with E-state index < -0.39 is 53.6 Å². The fraction of sp³-hybridized carbons (Fsp3) is 0.459. The zero-order valence-electron chi connectivity index (χ0n) is 27.4. The number of aliphatic hydroxyl groups is 1. The van der Waals surface area contributed by atoms with Crippen molar-refractivity contribution < 1.29 is 38.5 Å². The summed E-state index contributed by atoms with van der Waals surface area (Å²) in [5, 5.41) is 12.9. The number of rotatable bonds is 17. The van der Waals surface area contributed by atoms with Gasteiger partial charge in [0.25, 0.3) is 0 Å². The summed E-state index contributed by atoms with van der Waals surface area (Å²) >= 11 is 0. The van der Waals surface area contributed by atoms with Gasteiger partial charge >= 0.3 is 5.97 Å². The number of carbonyl (C=O) groups excluding carboxylic acids is 4. The molecule has 3 fully saturated rings. The molecule has 3 saturated heterocycles. The third-order valence-electron chi connectivity index (χ3n) is 9.53. The van der Waals surface area contributed by atoms with Gasteiger partial charge in [-0.05, 0) is 30.4 Å². The third-order valence-corrected chi connectivity index (χ3v) is 9.53. The largest absolute Gasteiger partial charge is 0.455 e. The number of esters is 1. The number of benzene rings is 2. The molecule has 0 aliphatic carbocycles. The smallest absolute Gasteiger partial charge is 0.313 e. The number of hydrogen-bond acceptors (Lipinski definition) is 8. The van der Waals surface area contributed by atoms with Crippen LogP contribution in [0.3, 0.4) is 0 Å². The first-order valence-corrected chi connectivity index (χ1v) is 16.5. The quantitative estimate of drug-likeness (QED) is 0.196. The topological polar surface area (TPSA) is 135 Å². The van der Waals surface area contributed by atoms with Crippen molar-refractivity contribution in [2.75, 3.05) is 33.4 Å². The lowest BCUT2D eigenvalue weighted by atomic mass is 9.70. The van der Waals surface area contributed by atoms with Crippen molar-refractivity contribution in [3.05, 3.63) is 97.1 Å². The fourth-order valence-corrected chi connectivity index (χ4v) is 7.54. The molecule has 3 heterocycles. The molecule has 5 rings (SSSR count). The number of β-amino-alcohol motifs (C(OH)–C–C–N with tert-alkyl or cyclic N) is 1. The molecule has 3 aliphatic rings. The average Bonchev–Trinajstić information content (AvgIpc) is 3.74. The van der Waals surface area contributed by atoms with Crippen LogP contribution in [0.4, 0.5) is 0 Å². The van der Waals surface area contributed by atoms with Crippen LogP contribution in [-0.2, 0) is 39.9 Å². The van der Waals surface area contributed by atoms with Gasteiger partial charge in [0.1, 0.15) is 17.7 Å². The van der Waals surface area contributed by atoms with Crippen molar-refractivity contribution in [2.24, 2.45) is 11.8 Å². The molecule has 11 heteroatoms. The van der Waals surface area contributed by atoms with E-state index in [0.29, 0.717) is 24.8 Å². The molecule has 0 aromatic heterocycles. The van der Waals surface area contributed by atoms with Gasteiger partial charge in [-0.25, -0.2) is 0 Å². The Morgan fingerprint density at radius 2 is 1.83 bits per heavy atom. The summed E-state index contributed by atoms with van der Waals surface area (Å²) in [6, 6.07) is 16.8. The number of amides is 3. The predicted molar refractivity (Wildman–Crippen MR) is 177 cm³/mol. The Balaban J connectivity index is 1.45. The summed E-state index contributed by atoms with van der Waals surface area (Å²) < 4.78 is 18.2. The number of ether oxygens (including phenoxy) is 3. The second-order valence-electron chi connectivity index (χ2n) is 12.5. The summed E-state index contributed by atoms with van der Waals surface area (Å²) in [6.07, 6.45) is 3.26. The number of aliphatic hydroxyl groups excluding tert-OH is 1. The third kappa shape index (κ3) is 6.94. The summed E-state index contributed by atoms with van der Waals surface area (Å²) in [5.74, 6) is -3.62. The van der Waals surface area contributed by atoms with Crippen LogP contribution >= 0.6 is 0 Å². The second-order valence-corrected chi connectivity index (χ2v) is 12.5. The first-order chi connectivity index (χ1) is 23.3. The molecule has 0 saturated carbocycles. The number of nitrogens with zero attached hydrogens (tertiary/aromatic N) is 2. The van der Waals surface area contributed by atoms with Crippen molar-refractivity contribution in [2.45, 2.75) is 62.1 Å². The number of likely N-dealkylation sites (tertiary alicyclic amines) is 1. The zero-order valence-corrected chi connectivity index (χ0v) is 27.4. The molecular weight excluding hydrogens is 614 g/mol. The molecule has 3 amide bonds. The monoisotopic (exact) mass is 659 g/mol. The van der Waals surface area contributed by atoms with Crippen molar-refractivity contribution >= 4 is 23.7 Å². The average molecular weight is 660 g/mol. The van der Waals surface area contributed by atoms with Crippen LogP contribution in [0.1, 0.15) is 42.9 Å². The van der Waals surface area contributed by atoms with Gasteiger partial charge in [0.15, 0.2) is 0 Å². The summed E-state index contributed by atoms with van der Waals surface area (Å²) in [6.45, 7) is 7.64. The van der Waals surface area contributed by atoms with E-state index in [9.17, 15) is 24.3 Å². The SMILES string of the molecule is C=CCCC(=O)N[C@H](COC)[C@H](OC(=O)[C@@H]1[C@H]2C(=O)N(CCO)[C@H](C(=O)N(CC=C)Cc3ccccc3)[C@]23CC[C@H]1O3)c1ccccc1. The lowest BCUT2D eigenvalue weighted by Crippen LogP contribution is -2.56. The Kier molecular flexibility index (Phi) is 11.5. The lowest BCUT2D eigenvalue weighted by molar-refractivity contribution is -0.163. The van der Waals surface area contributed by atoms with Gasteiger partial charge in [-0.15, -0.1) is 13.2 Å². The van der Waals surface area contributed by atoms with Gasteiger partial charge in [-0.2, -0.15) is 0 Å². The van der Waals surface area contributed by atoms with E-state index in [4.69, 9.17) is 14.2 Å². The molecule has 48 heavy (non-hydrogen) atoms. The summed E-state index contributed by atoms with van der Waals surface area (Å²) in [7, 11) is 1.50. The van der Waals surface area contributed by atoms with Gasteiger partial charge in [0, 0.05) is 33.2 Å². The fourth-order valence-electron chi connectivity index (χ4n) is 7.54. The molecule has 256 valence electrons. The summed E-state index contributed by atoms with van der Waals surface area (Å²) in [4.78, 5) is 58.7. The minimum Gasteiger partial charge on any atom is -0.455 e. The first kappa shape index (κ1) is 35.0. The van der Waals surface area contributed by atoms with E-state index in [-0.39, 0.29) is 51.1 Å². The van der Waals surface area contributed by atoms with Crippen LogP contribution in [-0.4, -0.2) is 95.8 Å². The van der Waals surface area contributed by atoms with E-state index in [1.807, 2.05) is 48.5 Å². The maximum absolute atomic E-state index is 14.4. The molecule has 11 nitrogen and oxygen atoms in total. The molecule has 7 atom stereocenters. The normalized spacial score (nSPS) is 25.2. The molecule has 2 aromatic rings. The van der Waals surface area contributed by atoms with Crippen LogP contribution in [0.25, 0.3) is 0 Å². The molecule has 2 bridgehead atoms. The highest BCUT2D eigenvalue weighted by molar-refractivity contribution is 5.98. The minimum atomic E-state index is -1.26. The standard InChI is InChI=1S/C37H45N3O8/c1-4-6-17-29(42)38-27(24-46-3)32(26-15-11-8-12-16-26)47-36(45)30-28-18-19-37(48-28)31(30)34(43)40(21-22-41)33(37)35(44)39(20-5-2)23-25-13-9-7-10-14-25/h4-5,7-16,27-28,30-33,41H,1-2,6,17-24H2,3H3,(H,38,42)/t27-,28-,30+,31+,32-,33-,37+/m1/s1. The zero-order chi connectivity index (χ0) is 34.3. The highest BCUT2D eigenvalue weighted by atomic mass is 16.6. The molecule has 3 aliphatic heterocycles. The van der Waals surface area contributed by atoms with E-state index in [1.165, 1.54) is 12.0 Å². The van der Waals surface area contributed by atoms with Crippen molar-refractivity contribution in [1.82, 2.24) is 15.1 Å². The second kappa shape index (κ2) is 15.7. The molecule has 2 aromatic carbocycles. The number of fused-ring (bicyclic) bond motifs is 1. The molecule has 0 unspecified atom stereocenters. The number of allylic oxidation sites excluding steroid dienone is 1. The van der Waals surface area contributed by atoms with Crippen molar-refractivity contribution in [3.8, 4) is 0 Å². The minimum absolute atomic E-state index is 0.0605. The number of nitrogens with one attached hydrogen (secondary N) is 1. The highest BCUT2D eigenvalue weighted by Gasteiger charge is 2.75. The van der Waals surface area contributed by atoms with Crippen molar-refractivity contribution in [3.63, 3.8) is 0 Å². The van der Waals surface area contributed by atoms with Crippen LogP contribution in [0, 0.1) is 11.8 Å². The Morgan fingerprint density at radius 3 is 2.48 bits per heavy atom. The van der Waals surface area contributed by atoms with Crippen LogP contribution in [0.5, 0.6) is 0 Å². The van der Waals surface area contributed by atoms with Gasteiger partial charge in [0.05, 0.1) is 37.2 Å². The Morgan fingerprint density at radius 1 is 1.12 bits per heavy atom. The molecule has 2 N–H and O–H groups in total.